The van der Waals surface area contributed by atoms with Crippen LogP contribution in [0.4, 0.5) is 4.39 Å². The van der Waals surface area contributed by atoms with Crippen molar-refractivity contribution >= 4 is 38.1 Å². The van der Waals surface area contributed by atoms with Gasteiger partial charge in [-0.1, -0.05) is 24.6 Å². The molecule has 10 heteroatoms. The van der Waals surface area contributed by atoms with Crippen LogP contribution in [0.5, 0.6) is 0 Å². The number of sulfone groups is 1. The summed E-state index contributed by atoms with van der Waals surface area (Å²) < 4.78 is 39.2. The van der Waals surface area contributed by atoms with E-state index in [1.165, 1.54) is 18.3 Å². The minimum atomic E-state index is -3.13. The Morgan fingerprint density at radius 1 is 1.19 bits per heavy atom. The van der Waals surface area contributed by atoms with Crippen molar-refractivity contribution in [1.82, 2.24) is 14.8 Å². The summed E-state index contributed by atoms with van der Waals surface area (Å²) >= 11 is 6.19. The number of hydrogen-bond donors (Lipinski definition) is 1. The normalized spacial score (nSPS) is 19.1. The van der Waals surface area contributed by atoms with Crippen LogP contribution in [0.15, 0.2) is 54.7 Å². The highest BCUT2D eigenvalue weighted by molar-refractivity contribution is 7.91. The third-order valence-electron chi connectivity index (χ3n) is 6.59. The van der Waals surface area contributed by atoms with E-state index < -0.39 is 21.1 Å². The van der Waals surface area contributed by atoms with Crippen LogP contribution in [-0.2, 0) is 16.4 Å². The van der Waals surface area contributed by atoms with Gasteiger partial charge in [0.15, 0.2) is 15.6 Å². The molecule has 0 aliphatic carbocycles. The molecule has 2 aromatic carbocycles. The van der Waals surface area contributed by atoms with Gasteiger partial charge in [-0.25, -0.2) is 17.5 Å². The van der Waals surface area contributed by atoms with Gasteiger partial charge in [-0.2, -0.15) is 5.10 Å². The van der Waals surface area contributed by atoms with Crippen molar-refractivity contribution in [2.45, 2.75) is 26.4 Å². The van der Waals surface area contributed by atoms with Gasteiger partial charge in [0.2, 0.25) is 0 Å². The Kier molecular flexibility index (Phi) is 6.18. The lowest BCUT2D eigenvalue weighted by Gasteiger charge is -2.20. The molecule has 7 nitrogen and oxygen atoms in total. The van der Waals surface area contributed by atoms with Crippen molar-refractivity contribution < 1.29 is 22.7 Å². The maximum absolute atomic E-state index is 13.6. The van der Waals surface area contributed by atoms with Crippen molar-refractivity contribution in [2.24, 2.45) is 5.41 Å². The number of benzene rings is 2. The quantitative estimate of drug-likeness (QED) is 0.362. The van der Waals surface area contributed by atoms with Gasteiger partial charge in [-0.05, 0) is 54.3 Å². The minimum Gasteiger partial charge on any atom is -0.390 e. The molecule has 0 saturated carbocycles. The molecule has 0 radical (unpaired) electrons. The molecule has 186 valence electrons. The predicted molar refractivity (Wildman–Crippen MR) is 136 cm³/mol. The van der Waals surface area contributed by atoms with E-state index in [1.807, 2.05) is 6.92 Å². The Balaban J connectivity index is 1.64. The highest BCUT2D eigenvalue weighted by Crippen LogP contribution is 2.37. The van der Waals surface area contributed by atoms with Crippen molar-refractivity contribution in [1.29, 1.82) is 0 Å². The van der Waals surface area contributed by atoms with Crippen LogP contribution in [0.2, 0.25) is 5.02 Å². The Hall–Kier alpha value is -3.14. The molecule has 5 rings (SSSR count). The maximum Gasteiger partial charge on any atom is 0.163 e. The van der Waals surface area contributed by atoms with E-state index in [4.69, 9.17) is 16.7 Å². The Labute approximate surface area is 212 Å². The number of halogens is 2. The molecular weight excluding hydrogens is 505 g/mol. The first-order chi connectivity index (χ1) is 17.1. The van der Waals surface area contributed by atoms with Crippen LogP contribution < -0.4 is 0 Å². The zero-order valence-electron chi connectivity index (χ0n) is 19.4. The smallest absolute Gasteiger partial charge is 0.163 e. The lowest BCUT2D eigenvalue weighted by molar-refractivity contribution is 0.0934. The van der Waals surface area contributed by atoms with Crippen molar-refractivity contribution in [3.63, 3.8) is 0 Å². The summed E-state index contributed by atoms with van der Waals surface area (Å²) in [6.07, 6.45) is 2.01. The number of carbonyl (C=O) groups is 1. The summed E-state index contributed by atoms with van der Waals surface area (Å²) in [4.78, 5) is 17.5. The van der Waals surface area contributed by atoms with E-state index in [1.54, 1.807) is 41.1 Å². The monoisotopic (exact) mass is 527 g/mol. The van der Waals surface area contributed by atoms with Crippen LogP contribution in [0.25, 0.3) is 27.8 Å². The topological polar surface area (TPSA) is 102 Å². The molecule has 0 amide bonds. The SMILES string of the molecule is CC1(CC(=O)c2ccc3c(-c4cc(Cl)cnc4CO)nn(-c4ccc(F)cc4)c3c2)CCS(=O)(=O)C1. The Bertz CT molecular complexity index is 1600. The number of aliphatic hydroxyl groups is 1. The van der Waals surface area contributed by atoms with Gasteiger partial charge in [0.25, 0.3) is 0 Å². The Morgan fingerprint density at radius 3 is 2.61 bits per heavy atom. The molecule has 3 heterocycles. The molecule has 4 aromatic rings. The van der Waals surface area contributed by atoms with E-state index >= 15 is 0 Å². The number of hydrogen-bond acceptors (Lipinski definition) is 6. The summed E-state index contributed by atoms with van der Waals surface area (Å²) in [7, 11) is -3.13. The standard InChI is InChI=1S/C26H23ClFN3O4S/c1-26(8-9-36(34,35)15-26)12-24(33)16-2-7-20-23(10-16)31(19-5-3-18(28)4-6-19)30-25(20)21-11-17(27)13-29-22(21)14-32/h2-7,10-11,13,32H,8-9,12,14-15H2,1H3. The molecule has 0 spiro atoms. The zero-order chi connectivity index (χ0) is 25.7. The number of nitrogens with zero attached hydrogens (tertiary/aromatic N) is 3. The number of aliphatic hydroxyl groups excluding tert-OH is 1. The van der Waals surface area contributed by atoms with E-state index in [0.717, 1.165) is 0 Å². The Morgan fingerprint density at radius 2 is 1.94 bits per heavy atom. The second kappa shape index (κ2) is 9.06. The molecule has 1 unspecified atom stereocenters. The van der Waals surface area contributed by atoms with Gasteiger partial charge in [0.1, 0.15) is 11.5 Å². The second-order valence-corrected chi connectivity index (χ2v) is 12.1. The predicted octanol–water partition coefficient (Wildman–Crippen LogP) is 4.77. The molecule has 1 aliphatic rings. The van der Waals surface area contributed by atoms with Gasteiger partial charge in [-0.15, -0.1) is 0 Å². The number of ketones is 1. The summed E-state index contributed by atoms with van der Waals surface area (Å²) in [5.74, 6) is -0.465. The van der Waals surface area contributed by atoms with Crippen molar-refractivity contribution in [3.8, 4) is 16.9 Å². The summed E-state index contributed by atoms with van der Waals surface area (Å²) in [5.41, 5.74) is 2.42. The highest BCUT2D eigenvalue weighted by atomic mass is 35.5. The van der Waals surface area contributed by atoms with Crippen molar-refractivity contribution in [3.05, 3.63) is 76.8 Å². The van der Waals surface area contributed by atoms with E-state index in [0.29, 0.717) is 50.5 Å². The van der Waals surface area contributed by atoms with Crippen LogP contribution in [0, 0.1) is 11.2 Å². The fraction of sp³-hybridized carbons (Fsp3) is 0.269. The number of rotatable bonds is 6. The molecule has 1 aliphatic heterocycles. The molecule has 36 heavy (non-hydrogen) atoms. The lowest BCUT2D eigenvalue weighted by atomic mass is 9.83. The average molecular weight is 528 g/mol. The number of carbonyl (C=O) groups excluding carboxylic acids is 1. The molecule has 1 fully saturated rings. The number of fused-ring (bicyclic) bond motifs is 1. The van der Waals surface area contributed by atoms with E-state index in [-0.39, 0.29) is 30.3 Å². The summed E-state index contributed by atoms with van der Waals surface area (Å²) in [6.45, 7) is 1.51. The molecule has 0 bridgehead atoms. The highest BCUT2D eigenvalue weighted by Gasteiger charge is 2.40. The number of pyridine rings is 1. The summed E-state index contributed by atoms with van der Waals surface area (Å²) in [5, 5.41) is 15.6. The van der Waals surface area contributed by atoms with Gasteiger partial charge < -0.3 is 5.11 Å². The second-order valence-electron chi connectivity index (χ2n) is 9.53. The number of Topliss-reactive ketones (excluding diaryl/α,β-unsaturated/α-hetero) is 1. The summed E-state index contributed by atoms with van der Waals surface area (Å²) in [6, 6.07) is 12.6. The van der Waals surface area contributed by atoms with Crippen LogP contribution in [-0.4, -0.2) is 45.6 Å². The van der Waals surface area contributed by atoms with Crippen LogP contribution in [0.1, 0.15) is 35.8 Å². The fourth-order valence-electron chi connectivity index (χ4n) is 4.77. The van der Waals surface area contributed by atoms with Crippen LogP contribution in [0.3, 0.4) is 0 Å². The third kappa shape index (κ3) is 4.66. The zero-order valence-corrected chi connectivity index (χ0v) is 21.0. The lowest BCUT2D eigenvalue weighted by Crippen LogP contribution is -2.22. The minimum absolute atomic E-state index is 0.00263. The molecule has 1 atom stereocenters. The first-order valence-corrected chi connectivity index (χ1v) is 13.6. The molecule has 2 aromatic heterocycles. The van der Waals surface area contributed by atoms with Gasteiger partial charge >= 0.3 is 0 Å². The van der Waals surface area contributed by atoms with Gasteiger partial charge in [0, 0.05) is 29.1 Å². The van der Waals surface area contributed by atoms with Gasteiger partial charge in [0.05, 0.1) is 40.0 Å². The maximum atomic E-state index is 13.6. The van der Waals surface area contributed by atoms with Gasteiger partial charge in [-0.3, -0.25) is 9.78 Å². The molecule has 1 saturated heterocycles. The average Bonchev–Trinajstić information content (AvgIpc) is 3.35. The molecule has 1 N–H and O–H groups in total. The van der Waals surface area contributed by atoms with Crippen LogP contribution >= 0.6 is 11.6 Å². The number of aromatic nitrogens is 3. The van der Waals surface area contributed by atoms with E-state index in [2.05, 4.69) is 4.98 Å². The largest absolute Gasteiger partial charge is 0.390 e. The third-order valence-corrected chi connectivity index (χ3v) is 8.76. The van der Waals surface area contributed by atoms with Crippen molar-refractivity contribution in [2.75, 3.05) is 11.5 Å². The molecular formula is C26H23ClFN3O4S. The van der Waals surface area contributed by atoms with E-state index in [9.17, 15) is 22.7 Å². The first kappa shape index (κ1) is 24.5. The fourth-order valence-corrected chi connectivity index (χ4v) is 7.19. The first-order valence-electron chi connectivity index (χ1n) is 11.4.